The number of benzene rings is 1. The largest absolute Gasteiger partial charge is 0.480 e. The van der Waals surface area contributed by atoms with Crippen molar-refractivity contribution in [1.29, 1.82) is 0 Å². The van der Waals surface area contributed by atoms with Crippen LogP contribution in [0.5, 0.6) is 0 Å². The van der Waals surface area contributed by atoms with Gasteiger partial charge < -0.3 is 25.0 Å². The normalized spacial score (nSPS) is 16.2. The zero-order chi connectivity index (χ0) is 18.1. The number of fused-ring (bicyclic) bond motifs is 1. The fourth-order valence-electron chi connectivity index (χ4n) is 3.27. The number of hydrogen-bond donors (Lipinski definition) is 2. The molecule has 9 nitrogen and oxygen atoms in total. The van der Waals surface area contributed by atoms with Gasteiger partial charge in [-0.2, -0.15) is 0 Å². The maximum Gasteiger partial charge on any atom is 0.320 e. The number of nitrogens with two attached hydrogens (primary N) is 1. The van der Waals surface area contributed by atoms with Gasteiger partial charge in [0.25, 0.3) is 0 Å². The average molecular weight is 348 g/mol. The van der Waals surface area contributed by atoms with Crippen LogP contribution in [0, 0.1) is 10.1 Å². The van der Waals surface area contributed by atoms with Gasteiger partial charge in [0.15, 0.2) is 0 Å². The molecule has 2 heterocycles. The summed E-state index contributed by atoms with van der Waals surface area (Å²) in [5.74, 6) is -1.14. The summed E-state index contributed by atoms with van der Waals surface area (Å²) in [6.07, 6.45) is 1.74. The van der Waals surface area contributed by atoms with E-state index >= 15 is 0 Å². The summed E-state index contributed by atoms with van der Waals surface area (Å²) in [6, 6.07) is 2.45. The van der Waals surface area contributed by atoms with Crippen LogP contribution in [0.25, 0.3) is 10.9 Å². The monoisotopic (exact) mass is 348 g/mol. The summed E-state index contributed by atoms with van der Waals surface area (Å²) < 4.78 is 7.08. The molecule has 1 aliphatic rings. The van der Waals surface area contributed by atoms with E-state index in [2.05, 4.69) is 0 Å². The van der Waals surface area contributed by atoms with Gasteiger partial charge in [0, 0.05) is 32.8 Å². The van der Waals surface area contributed by atoms with Gasteiger partial charge in [0.1, 0.15) is 11.7 Å². The Morgan fingerprint density at radius 1 is 1.44 bits per heavy atom. The number of anilines is 1. The van der Waals surface area contributed by atoms with E-state index in [-0.39, 0.29) is 12.1 Å². The number of aliphatic carboxylic acids is 1. The molecule has 3 N–H and O–H groups in total. The van der Waals surface area contributed by atoms with E-state index in [0.717, 1.165) is 0 Å². The van der Waals surface area contributed by atoms with Gasteiger partial charge in [-0.15, -0.1) is 0 Å². The van der Waals surface area contributed by atoms with Crippen molar-refractivity contribution in [2.24, 2.45) is 12.8 Å². The van der Waals surface area contributed by atoms with Gasteiger partial charge in [-0.1, -0.05) is 0 Å². The molecule has 1 atom stereocenters. The molecule has 0 spiro atoms. The molecule has 3 rings (SSSR count). The van der Waals surface area contributed by atoms with Gasteiger partial charge in [0.05, 0.1) is 29.0 Å². The van der Waals surface area contributed by atoms with Crippen molar-refractivity contribution in [1.82, 2.24) is 4.57 Å². The van der Waals surface area contributed by atoms with Crippen LogP contribution in [0.3, 0.4) is 0 Å². The minimum atomic E-state index is -1.14. The number of nitro groups is 1. The zero-order valence-electron chi connectivity index (χ0n) is 13.8. The quantitative estimate of drug-likeness (QED) is 0.607. The van der Waals surface area contributed by atoms with E-state index in [0.29, 0.717) is 48.5 Å². The second-order valence-corrected chi connectivity index (χ2v) is 6.10. The second kappa shape index (κ2) is 6.69. The second-order valence-electron chi connectivity index (χ2n) is 6.10. The maximum atomic E-state index is 11.9. The fraction of sp³-hybridized carbons (Fsp3) is 0.438. The van der Waals surface area contributed by atoms with E-state index in [1.807, 2.05) is 11.0 Å². The lowest BCUT2D eigenvalue weighted by Crippen LogP contribution is -2.36. The van der Waals surface area contributed by atoms with E-state index < -0.39 is 16.9 Å². The molecule has 134 valence electrons. The third kappa shape index (κ3) is 3.15. The highest BCUT2D eigenvalue weighted by Gasteiger charge is 2.28. The molecule has 1 aromatic carbocycles. The Bertz CT molecular complexity index is 826. The smallest absolute Gasteiger partial charge is 0.320 e. The maximum absolute atomic E-state index is 11.9. The third-order valence-corrected chi connectivity index (χ3v) is 4.48. The molecular formula is C16H20N4O5. The van der Waals surface area contributed by atoms with Gasteiger partial charge in [0.2, 0.25) is 0 Å². The number of aryl methyl sites for hydroxylation is 1. The number of carboxylic acid groups (broad SMARTS) is 1. The molecule has 1 aromatic heterocycles. The highest BCUT2D eigenvalue weighted by Crippen LogP contribution is 2.39. The van der Waals surface area contributed by atoms with Crippen molar-refractivity contribution in [3.8, 4) is 0 Å². The molecule has 0 aliphatic carbocycles. The Kier molecular flexibility index (Phi) is 4.60. The SMILES string of the molecule is Cn1cc(CC(N)C(=O)O)c2c([N+](=O)[O-])c(N3CCOCC3)ccc21. The van der Waals surface area contributed by atoms with Gasteiger partial charge >= 0.3 is 11.7 Å². The molecule has 1 unspecified atom stereocenters. The summed E-state index contributed by atoms with van der Waals surface area (Å²) in [4.78, 5) is 24.5. The summed E-state index contributed by atoms with van der Waals surface area (Å²) in [6.45, 7) is 2.17. The zero-order valence-corrected chi connectivity index (χ0v) is 13.8. The van der Waals surface area contributed by atoms with Crippen LogP contribution in [0.1, 0.15) is 5.56 Å². The summed E-state index contributed by atoms with van der Waals surface area (Å²) in [5.41, 5.74) is 7.41. The number of hydrogen-bond acceptors (Lipinski definition) is 6. The Morgan fingerprint density at radius 2 is 2.12 bits per heavy atom. The van der Waals surface area contributed by atoms with Crippen molar-refractivity contribution in [3.05, 3.63) is 34.0 Å². The molecule has 0 saturated carbocycles. The Morgan fingerprint density at radius 3 is 2.72 bits per heavy atom. The molecule has 1 aliphatic heterocycles. The molecule has 2 aromatic rings. The average Bonchev–Trinajstić information content (AvgIpc) is 2.90. The number of rotatable bonds is 5. The molecule has 0 amide bonds. The van der Waals surface area contributed by atoms with Gasteiger partial charge in [-0.05, 0) is 17.7 Å². The summed E-state index contributed by atoms with van der Waals surface area (Å²) >= 11 is 0. The first-order valence-corrected chi connectivity index (χ1v) is 7.96. The van der Waals surface area contributed by atoms with Crippen molar-refractivity contribution < 1.29 is 19.6 Å². The topological polar surface area (TPSA) is 124 Å². The van der Waals surface area contributed by atoms with Gasteiger partial charge in [-0.25, -0.2) is 0 Å². The summed E-state index contributed by atoms with van der Waals surface area (Å²) in [5, 5.41) is 21.4. The van der Waals surface area contributed by atoms with Crippen molar-refractivity contribution in [2.75, 3.05) is 31.2 Å². The minimum Gasteiger partial charge on any atom is -0.480 e. The molecule has 0 radical (unpaired) electrons. The molecule has 1 saturated heterocycles. The highest BCUT2D eigenvalue weighted by atomic mass is 16.6. The molecule has 0 bridgehead atoms. The number of carbonyl (C=O) groups is 1. The molecule has 25 heavy (non-hydrogen) atoms. The molecule has 1 fully saturated rings. The number of nitro benzene ring substituents is 1. The number of aromatic nitrogens is 1. The number of morpholine rings is 1. The van der Waals surface area contributed by atoms with Crippen molar-refractivity contribution in [2.45, 2.75) is 12.5 Å². The predicted octanol–water partition coefficient (Wildman–Crippen LogP) is 0.878. The Labute approximate surface area is 143 Å². The lowest BCUT2D eigenvalue weighted by molar-refractivity contribution is -0.382. The standard InChI is InChI=1S/C16H20N4O5/c1-18-9-10(8-11(17)16(21)22)14-12(18)2-3-13(15(14)20(23)24)19-4-6-25-7-5-19/h2-3,9,11H,4-8,17H2,1H3,(H,21,22). The predicted molar refractivity (Wildman–Crippen MR) is 91.9 cm³/mol. The first-order chi connectivity index (χ1) is 11.9. The van der Waals surface area contributed by atoms with Crippen LogP contribution in [-0.4, -0.2) is 52.9 Å². The van der Waals surface area contributed by atoms with Crippen LogP contribution in [0.2, 0.25) is 0 Å². The van der Waals surface area contributed by atoms with Crippen molar-refractivity contribution in [3.63, 3.8) is 0 Å². The van der Waals surface area contributed by atoms with Gasteiger partial charge in [-0.3, -0.25) is 14.9 Å². The van der Waals surface area contributed by atoms with E-state index in [9.17, 15) is 14.9 Å². The minimum absolute atomic E-state index is 0.00686. The van der Waals surface area contributed by atoms with Crippen LogP contribution in [0.15, 0.2) is 18.3 Å². The third-order valence-electron chi connectivity index (χ3n) is 4.48. The lowest BCUT2D eigenvalue weighted by atomic mass is 10.0. The molecule has 9 heteroatoms. The fourth-order valence-corrected chi connectivity index (χ4v) is 3.27. The highest BCUT2D eigenvalue weighted by molar-refractivity contribution is 5.98. The number of carboxylic acids is 1. The van der Waals surface area contributed by atoms with Crippen LogP contribution < -0.4 is 10.6 Å². The van der Waals surface area contributed by atoms with Crippen LogP contribution in [0.4, 0.5) is 11.4 Å². The van der Waals surface area contributed by atoms with E-state index in [4.69, 9.17) is 15.6 Å². The Balaban J connectivity index is 2.17. The summed E-state index contributed by atoms with van der Waals surface area (Å²) in [7, 11) is 1.77. The molecular weight excluding hydrogens is 328 g/mol. The first-order valence-electron chi connectivity index (χ1n) is 7.96. The first kappa shape index (κ1) is 17.2. The van der Waals surface area contributed by atoms with Crippen LogP contribution in [-0.2, 0) is 23.0 Å². The van der Waals surface area contributed by atoms with E-state index in [1.165, 1.54) is 0 Å². The number of nitrogens with zero attached hydrogens (tertiary/aromatic N) is 3. The van der Waals surface area contributed by atoms with Crippen LogP contribution >= 0.6 is 0 Å². The van der Waals surface area contributed by atoms with Crippen molar-refractivity contribution >= 4 is 28.2 Å². The lowest BCUT2D eigenvalue weighted by Gasteiger charge is -2.28. The number of ether oxygens (including phenoxy) is 1. The Hall–Kier alpha value is -2.65. The van der Waals surface area contributed by atoms with E-state index in [1.54, 1.807) is 23.9 Å².